The highest BCUT2D eigenvalue weighted by Gasteiger charge is 2.72. The van der Waals surface area contributed by atoms with Crippen molar-refractivity contribution in [2.45, 2.75) is 54.6 Å². The van der Waals surface area contributed by atoms with E-state index >= 15 is 0 Å². The summed E-state index contributed by atoms with van der Waals surface area (Å²) >= 11 is 2.30. The highest BCUT2D eigenvalue weighted by Crippen LogP contribution is 2.63. The lowest BCUT2D eigenvalue weighted by atomic mass is 9.80. The van der Waals surface area contributed by atoms with Gasteiger partial charge >= 0.3 is 11.9 Å². The standard InChI is InChI=1S/C22H23N7O7S2/c1-11(30)28-15-16(31)27-14(18(32)33)12(9-26-8-4-7-25(26)2)22(38-17(15)27,13-10-37-20(23)24-13)29(28)36-21(19(34)35)5-3-6-21/h4,7-8,10,15,17H,3,5-6,9H2,1-2H3,(H3-,23,24,32,33,34,35)/p+1/t15-,17-,22?/m1/s1. The minimum atomic E-state index is -1.66. The van der Waals surface area contributed by atoms with Crippen LogP contribution in [0.15, 0.2) is 35.1 Å². The summed E-state index contributed by atoms with van der Waals surface area (Å²) in [5, 5.41) is 23.8. The summed E-state index contributed by atoms with van der Waals surface area (Å²) in [7, 11) is 1.77. The number of hydrazine groups is 1. The Morgan fingerprint density at radius 2 is 2.05 bits per heavy atom. The molecule has 0 spiro atoms. The smallest absolute Gasteiger partial charge is 0.352 e. The first kappa shape index (κ1) is 24.8. The molecule has 2 amide bonds. The van der Waals surface area contributed by atoms with Crippen molar-refractivity contribution in [3.63, 3.8) is 0 Å². The van der Waals surface area contributed by atoms with Crippen molar-refractivity contribution in [1.82, 2.24) is 24.7 Å². The van der Waals surface area contributed by atoms with Crippen LogP contribution in [0.25, 0.3) is 0 Å². The number of hydrogen-bond acceptors (Lipinski definition) is 10. The molecule has 4 aliphatic rings. The second-order valence-corrected chi connectivity index (χ2v) is 11.8. The maximum absolute atomic E-state index is 13.4. The molecule has 2 saturated heterocycles. The zero-order chi connectivity index (χ0) is 27.1. The molecule has 14 nitrogen and oxygen atoms in total. The molecule has 3 atom stereocenters. The van der Waals surface area contributed by atoms with Gasteiger partial charge in [-0.2, -0.15) is 4.68 Å². The lowest BCUT2D eigenvalue weighted by molar-refractivity contribution is -0.753. The number of aliphatic carboxylic acids is 2. The summed E-state index contributed by atoms with van der Waals surface area (Å²) in [4.78, 5) is 62.1. The lowest BCUT2D eigenvalue weighted by Gasteiger charge is -2.65. The maximum atomic E-state index is 13.4. The fourth-order valence-corrected chi connectivity index (χ4v) is 7.85. The van der Waals surface area contributed by atoms with Gasteiger partial charge in [0.05, 0.1) is 11.9 Å². The van der Waals surface area contributed by atoms with Crippen LogP contribution in [0, 0.1) is 0 Å². The summed E-state index contributed by atoms with van der Waals surface area (Å²) in [6.07, 6.45) is 4.44. The third-order valence-electron chi connectivity index (χ3n) is 7.46. The van der Waals surface area contributed by atoms with Gasteiger partial charge in [0, 0.05) is 23.9 Å². The summed E-state index contributed by atoms with van der Waals surface area (Å²) < 4.78 is 3.45. The number of amides is 2. The summed E-state index contributed by atoms with van der Waals surface area (Å²) in [5.74, 6) is -3.72. The van der Waals surface area contributed by atoms with Gasteiger partial charge < -0.3 is 15.9 Å². The zero-order valence-electron chi connectivity index (χ0n) is 20.3. The monoisotopic (exact) mass is 562 g/mol. The molecule has 38 heavy (non-hydrogen) atoms. The molecule has 2 aromatic rings. The van der Waals surface area contributed by atoms with E-state index < -0.39 is 45.6 Å². The van der Waals surface area contributed by atoms with Crippen molar-refractivity contribution in [1.29, 1.82) is 0 Å². The number of carboxylic acid groups (broad SMARTS) is 2. The Labute approximate surface area is 223 Å². The lowest BCUT2D eigenvalue weighted by Crippen LogP contribution is -2.82. The second kappa shape index (κ2) is 8.26. The van der Waals surface area contributed by atoms with E-state index in [-0.39, 0.29) is 41.5 Å². The number of nitrogen functional groups attached to an aromatic ring is 1. The van der Waals surface area contributed by atoms with Gasteiger partial charge in [-0.25, -0.2) is 19.6 Å². The number of hydrogen-bond donors (Lipinski definition) is 3. The maximum Gasteiger partial charge on any atom is 0.352 e. The van der Waals surface area contributed by atoms with Crippen LogP contribution in [0.5, 0.6) is 0 Å². The molecule has 2 aromatic heterocycles. The number of rotatable bonds is 7. The number of nitrogens with zero attached hydrogens (tertiary/aromatic N) is 6. The van der Waals surface area contributed by atoms with Crippen molar-refractivity contribution in [3.05, 3.63) is 40.8 Å². The number of fused-ring (bicyclic) bond motifs is 1. The van der Waals surface area contributed by atoms with Gasteiger partial charge in [0.25, 0.3) is 5.91 Å². The number of anilines is 1. The Morgan fingerprint density at radius 1 is 1.32 bits per heavy atom. The summed E-state index contributed by atoms with van der Waals surface area (Å²) in [5.41, 5.74) is 4.56. The highest BCUT2D eigenvalue weighted by atomic mass is 32.2. The van der Waals surface area contributed by atoms with Gasteiger partial charge in [-0.1, -0.05) is 16.9 Å². The van der Waals surface area contributed by atoms with E-state index in [1.807, 2.05) is 0 Å². The number of aryl methyl sites for hydroxylation is 1. The van der Waals surface area contributed by atoms with Gasteiger partial charge in [0.1, 0.15) is 17.6 Å². The van der Waals surface area contributed by atoms with Crippen molar-refractivity contribution in [3.8, 4) is 0 Å². The van der Waals surface area contributed by atoms with Crippen LogP contribution in [0.1, 0.15) is 31.9 Å². The van der Waals surface area contributed by atoms with Crippen LogP contribution >= 0.6 is 23.1 Å². The summed E-state index contributed by atoms with van der Waals surface area (Å²) in [6, 6.07) is 0.689. The van der Waals surface area contributed by atoms with Gasteiger partial charge in [-0.3, -0.25) is 19.3 Å². The Balaban J connectivity index is 1.66. The molecule has 1 saturated carbocycles. The first-order chi connectivity index (χ1) is 18.0. The Morgan fingerprint density at radius 3 is 2.55 bits per heavy atom. The largest absolute Gasteiger partial charge is 0.479 e. The predicted molar refractivity (Wildman–Crippen MR) is 130 cm³/mol. The normalized spacial score (nSPS) is 27.7. The average Bonchev–Trinajstić information content (AvgIpc) is 3.44. The molecular weight excluding hydrogens is 538 g/mol. The number of carbonyl (C=O) groups is 4. The number of hydroxylamine groups is 1. The van der Waals surface area contributed by atoms with Crippen molar-refractivity contribution < 1.29 is 38.9 Å². The highest BCUT2D eigenvalue weighted by molar-refractivity contribution is 8.01. The third-order valence-corrected chi connectivity index (χ3v) is 9.80. The number of β-lactam (4-membered cyclic amide) rings is 1. The van der Waals surface area contributed by atoms with Crippen LogP contribution in [0.4, 0.5) is 5.13 Å². The molecule has 4 N–H and O–H groups in total. The number of thioether (sulfide) groups is 1. The second-order valence-electron chi connectivity index (χ2n) is 9.55. The number of aromatic nitrogens is 3. The van der Waals surface area contributed by atoms with Crippen LogP contribution in [-0.4, -0.2) is 75.7 Å². The van der Waals surface area contributed by atoms with Crippen LogP contribution in [0.2, 0.25) is 0 Å². The molecule has 16 heteroatoms. The van der Waals surface area contributed by atoms with E-state index in [0.29, 0.717) is 6.42 Å². The minimum absolute atomic E-state index is 0.0393. The Kier molecular flexibility index (Phi) is 5.40. The molecule has 5 heterocycles. The van der Waals surface area contributed by atoms with Crippen molar-refractivity contribution in [2.24, 2.45) is 7.05 Å². The molecule has 3 fully saturated rings. The molecule has 3 aliphatic heterocycles. The van der Waals surface area contributed by atoms with E-state index in [2.05, 4.69) is 4.98 Å². The van der Waals surface area contributed by atoms with E-state index in [9.17, 15) is 29.4 Å². The third kappa shape index (κ3) is 3.14. The fourth-order valence-electron chi connectivity index (χ4n) is 5.40. The molecule has 6 rings (SSSR count). The molecule has 2 bridgehead atoms. The molecule has 1 aliphatic carbocycles. The number of nitrogens with two attached hydrogens (primary N) is 1. The van der Waals surface area contributed by atoms with Crippen LogP contribution in [-0.2, 0) is 42.5 Å². The van der Waals surface area contributed by atoms with E-state index in [1.165, 1.54) is 23.6 Å². The molecule has 1 unspecified atom stereocenters. The first-order valence-electron chi connectivity index (χ1n) is 11.7. The molecule has 0 aromatic carbocycles. The average molecular weight is 563 g/mol. The van der Waals surface area contributed by atoms with Gasteiger partial charge in [0.2, 0.25) is 5.91 Å². The molecular formula is C22H24N7O7S2+. The SMILES string of the molecule is CC(=O)N1[C@@H]2C(=O)N3C(C(=O)O)=C(Cn4ccc[n+]4C)C(c4csc(N)n4)(S[C@H]23)N1OC1(C(=O)O)CCC1. The van der Waals surface area contributed by atoms with Crippen LogP contribution < -0.4 is 10.4 Å². The fraction of sp³-hybridized carbons (Fsp3) is 0.455. The minimum Gasteiger partial charge on any atom is -0.479 e. The molecule has 200 valence electrons. The van der Waals surface area contributed by atoms with E-state index in [1.54, 1.807) is 40.3 Å². The van der Waals surface area contributed by atoms with Gasteiger partial charge in [0.15, 0.2) is 34.9 Å². The van der Waals surface area contributed by atoms with Gasteiger partial charge in [-0.15, -0.1) is 16.0 Å². The van der Waals surface area contributed by atoms with Gasteiger partial charge in [-0.05, 0) is 19.3 Å². The topological polar surface area (TPSA) is 175 Å². The Bertz CT molecular complexity index is 1430. The summed E-state index contributed by atoms with van der Waals surface area (Å²) in [6.45, 7) is 1.21. The van der Waals surface area contributed by atoms with Crippen LogP contribution in [0.3, 0.4) is 0 Å². The van der Waals surface area contributed by atoms with E-state index in [4.69, 9.17) is 10.6 Å². The predicted octanol–water partition coefficient (Wildman–Crippen LogP) is -0.155. The number of thiazole rings is 1. The Hall–Kier alpha value is -3.47. The molecule has 0 radical (unpaired) electrons. The zero-order valence-corrected chi connectivity index (χ0v) is 21.9. The number of carboxylic acids is 2. The first-order valence-corrected chi connectivity index (χ1v) is 13.5. The number of carbonyl (C=O) groups excluding carboxylic acids is 2. The quantitative estimate of drug-likeness (QED) is 0.302. The van der Waals surface area contributed by atoms with E-state index in [0.717, 1.165) is 21.5 Å². The van der Waals surface area contributed by atoms with Crippen molar-refractivity contribution >= 4 is 52.0 Å². The van der Waals surface area contributed by atoms with Crippen molar-refractivity contribution in [2.75, 3.05) is 5.73 Å².